The van der Waals surface area contributed by atoms with E-state index in [4.69, 9.17) is 9.47 Å². The van der Waals surface area contributed by atoms with Gasteiger partial charge in [-0.05, 0) is 25.7 Å². The monoisotopic (exact) mass is 384 g/mol. The highest BCUT2D eigenvalue weighted by atomic mass is 16.5. The second kappa shape index (κ2) is 21.2. The van der Waals surface area contributed by atoms with E-state index < -0.39 is 0 Å². The van der Waals surface area contributed by atoms with E-state index in [9.17, 15) is 9.59 Å². The average Bonchev–Trinajstić information content (AvgIpc) is 2.66. The molecule has 0 aromatic heterocycles. The molecule has 0 saturated heterocycles. The van der Waals surface area contributed by atoms with Crippen molar-refractivity contribution in [3.8, 4) is 0 Å². The van der Waals surface area contributed by atoms with Gasteiger partial charge in [0.15, 0.2) is 0 Å². The molecule has 0 saturated carbocycles. The molecule has 0 amide bonds. The molecule has 160 valence electrons. The number of esters is 2. The first-order valence-corrected chi connectivity index (χ1v) is 11.5. The number of rotatable bonds is 20. The molecule has 0 unspecified atom stereocenters. The van der Waals surface area contributed by atoms with Gasteiger partial charge in [-0.1, -0.05) is 84.5 Å². The zero-order chi connectivity index (χ0) is 20.0. The van der Waals surface area contributed by atoms with Crippen LogP contribution >= 0.6 is 0 Å². The number of carbonyl (C=O) groups is 2. The highest BCUT2D eigenvalue weighted by Crippen LogP contribution is 2.09. The van der Waals surface area contributed by atoms with Crippen LogP contribution in [-0.2, 0) is 19.1 Å². The standard InChI is InChI=1S/C23H44O4/c1-3-5-7-12-16-20-26-22(24)18-14-10-9-11-15-19-23(25)27-21-17-13-8-6-4-2/h3-21H2,1-2H3. The molecule has 0 heterocycles. The lowest BCUT2D eigenvalue weighted by molar-refractivity contribution is -0.144. The minimum Gasteiger partial charge on any atom is -0.466 e. The quantitative estimate of drug-likeness (QED) is 0.172. The van der Waals surface area contributed by atoms with Crippen molar-refractivity contribution in [2.45, 2.75) is 123 Å². The molecular weight excluding hydrogens is 340 g/mol. The SMILES string of the molecule is CCCCCCCOC(=O)CCCCCCCC(=O)OCCCCCCC. The van der Waals surface area contributed by atoms with Gasteiger partial charge in [0.25, 0.3) is 0 Å². The maximum atomic E-state index is 11.6. The topological polar surface area (TPSA) is 52.6 Å². The summed E-state index contributed by atoms with van der Waals surface area (Å²) in [6.07, 6.45) is 17.7. The summed E-state index contributed by atoms with van der Waals surface area (Å²) >= 11 is 0. The van der Waals surface area contributed by atoms with Crippen molar-refractivity contribution in [1.82, 2.24) is 0 Å². The Balaban J connectivity index is 3.27. The van der Waals surface area contributed by atoms with Crippen LogP contribution in [0.3, 0.4) is 0 Å². The molecule has 0 radical (unpaired) electrons. The van der Waals surface area contributed by atoms with Crippen molar-refractivity contribution in [2.24, 2.45) is 0 Å². The van der Waals surface area contributed by atoms with Gasteiger partial charge in [0.1, 0.15) is 0 Å². The lowest BCUT2D eigenvalue weighted by Gasteiger charge is -2.06. The predicted molar refractivity (Wildman–Crippen MR) is 112 cm³/mol. The zero-order valence-electron chi connectivity index (χ0n) is 18.1. The second-order valence-electron chi connectivity index (χ2n) is 7.54. The van der Waals surface area contributed by atoms with E-state index in [-0.39, 0.29) is 11.9 Å². The average molecular weight is 385 g/mol. The Morgan fingerprint density at radius 1 is 0.481 bits per heavy atom. The Hall–Kier alpha value is -1.06. The maximum Gasteiger partial charge on any atom is 0.305 e. The molecule has 0 atom stereocenters. The molecule has 0 N–H and O–H groups in total. The fraction of sp³-hybridized carbons (Fsp3) is 0.913. The Morgan fingerprint density at radius 2 is 0.815 bits per heavy atom. The minimum absolute atomic E-state index is 0.0620. The van der Waals surface area contributed by atoms with Gasteiger partial charge in [0, 0.05) is 12.8 Å². The van der Waals surface area contributed by atoms with Crippen molar-refractivity contribution in [2.75, 3.05) is 13.2 Å². The van der Waals surface area contributed by atoms with Gasteiger partial charge in [-0.15, -0.1) is 0 Å². The van der Waals surface area contributed by atoms with Crippen molar-refractivity contribution in [3.63, 3.8) is 0 Å². The van der Waals surface area contributed by atoms with Crippen molar-refractivity contribution < 1.29 is 19.1 Å². The zero-order valence-corrected chi connectivity index (χ0v) is 18.1. The molecule has 4 nitrogen and oxygen atoms in total. The summed E-state index contributed by atoms with van der Waals surface area (Å²) < 4.78 is 10.5. The van der Waals surface area contributed by atoms with E-state index in [2.05, 4.69) is 13.8 Å². The Kier molecular flexibility index (Phi) is 20.4. The minimum atomic E-state index is -0.0620. The third-order valence-electron chi connectivity index (χ3n) is 4.78. The third kappa shape index (κ3) is 21.1. The van der Waals surface area contributed by atoms with E-state index in [1.54, 1.807) is 0 Å². The lowest BCUT2D eigenvalue weighted by atomic mass is 10.1. The number of unbranched alkanes of at least 4 members (excludes halogenated alkanes) is 12. The lowest BCUT2D eigenvalue weighted by Crippen LogP contribution is -2.06. The summed E-state index contributed by atoms with van der Waals surface area (Å²) in [5.41, 5.74) is 0. The molecule has 27 heavy (non-hydrogen) atoms. The Bertz CT molecular complexity index is 309. The second-order valence-corrected chi connectivity index (χ2v) is 7.54. The fourth-order valence-electron chi connectivity index (χ4n) is 3.00. The van der Waals surface area contributed by atoms with Gasteiger partial charge in [-0.2, -0.15) is 0 Å². The number of hydrogen-bond donors (Lipinski definition) is 0. The number of ether oxygens (including phenoxy) is 2. The molecule has 0 fully saturated rings. The Morgan fingerprint density at radius 3 is 1.22 bits per heavy atom. The molecule has 0 aliphatic carbocycles. The number of carbonyl (C=O) groups excluding carboxylic acids is 2. The molecule has 0 aromatic rings. The van der Waals surface area contributed by atoms with Crippen LogP contribution in [-0.4, -0.2) is 25.2 Å². The van der Waals surface area contributed by atoms with E-state index in [1.165, 1.54) is 38.5 Å². The molecule has 0 aliphatic heterocycles. The van der Waals surface area contributed by atoms with Crippen LogP contribution < -0.4 is 0 Å². The molecule has 0 bridgehead atoms. The summed E-state index contributed by atoms with van der Waals surface area (Å²) in [6, 6.07) is 0. The van der Waals surface area contributed by atoms with Crippen LogP contribution in [0.5, 0.6) is 0 Å². The van der Waals surface area contributed by atoms with E-state index in [0.717, 1.165) is 57.8 Å². The molecular formula is C23H44O4. The van der Waals surface area contributed by atoms with Gasteiger partial charge in [0.2, 0.25) is 0 Å². The highest BCUT2D eigenvalue weighted by Gasteiger charge is 2.04. The summed E-state index contributed by atoms with van der Waals surface area (Å²) in [5, 5.41) is 0. The molecule has 0 aliphatic rings. The van der Waals surface area contributed by atoms with Crippen LogP contribution in [0.15, 0.2) is 0 Å². The molecule has 4 heteroatoms. The maximum absolute atomic E-state index is 11.6. The van der Waals surface area contributed by atoms with Crippen LogP contribution in [0.1, 0.15) is 123 Å². The molecule has 0 rings (SSSR count). The number of hydrogen-bond acceptors (Lipinski definition) is 4. The van der Waals surface area contributed by atoms with Gasteiger partial charge in [-0.25, -0.2) is 0 Å². The summed E-state index contributed by atoms with van der Waals surface area (Å²) in [4.78, 5) is 23.2. The summed E-state index contributed by atoms with van der Waals surface area (Å²) in [6.45, 7) is 5.54. The first-order chi connectivity index (χ1) is 13.2. The van der Waals surface area contributed by atoms with Gasteiger partial charge < -0.3 is 9.47 Å². The Labute approximate surface area is 167 Å². The molecule has 0 spiro atoms. The van der Waals surface area contributed by atoms with E-state index >= 15 is 0 Å². The van der Waals surface area contributed by atoms with Crippen LogP contribution in [0.25, 0.3) is 0 Å². The summed E-state index contributed by atoms with van der Waals surface area (Å²) in [5.74, 6) is -0.124. The van der Waals surface area contributed by atoms with Gasteiger partial charge in [0.05, 0.1) is 13.2 Å². The van der Waals surface area contributed by atoms with Crippen molar-refractivity contribution in [3.05, 3.63) is 0 Å². The largest absolute Gasteiger partial charge is 0.466 e. The highest BCUT2D eigenvalue weighted by molar-refractivity contribution is 5.69. The first kappa shape index (κ1) is 25.9. The summed E-state index contributed by atoms with van der Waals surface area (Å²) in [7, 11) is 0. The van der Waals surface area contributed by atoms with E-state index in [0.29, 0.717) is 26.1 Å². The van der Waals surface area contributed by atoms with E-state index in [1.807, 2.05) is 0 Å². The fourth-order valence-corrected chi connectivity index (χ4v) is 3.00. The van der Waals surface area contributed by atoms with Crippen LogP contribution in [0.2, 0.25) is 0 Å². The molecule has 0 aromatic carbocycles. The first-order valence-electron chi connectivity index (χ1n) is 11.5. The smallest absolute Gasteiger partial charge is 0.305 e. The predicted octanol–water partition coefficient (Wildman–Crippen LogP) is 6.74. The van der Waals surface area contributed by atoms with Crippen LogP contribution in [0.4, 0.5) is 0 Å². The van der Waals surface area contributed by atoms with Gasteiger partial charge >= 0.3 is 11.9 Å². The third-order valence-corrected chi connectivity index (χ3v) is 4.78. The normalized spacial score (nSPS) is 10.7. The van der Waals surface area contributed by atoms with Crippen molar-refractivity contribution in [1.29, 1.82) is 0 Å². The van der Waals surface area contributed by atoms with Gasteiger partial charge in [-0.3, -0.25) is 9.59 Å². The van der Waals surface area contributed by atoms with Crippen LogP contribution in [0, 0.1) is 0 Å². The van der Waals surface area contributed by atoms with Crippen molar-refractivity contribution >= 4 is 11.9 Å².